The molecule has 1 amide bonds. The van der Waals surface area contributed by atoms with Crippen molar-refractivity contribution in [2.45, 2.75) is 73.9 Å². The van der Waals surface area contributed by atoms with Gasteiger partial charge in [0.1, 0.15) is 11.4 Å². The van der Waals surface area contributed by atoms with E-state index in [9.17, 15) is 22.7 Å². The molecule has 0 spiro atoms. The number of sulfonamides is 1. The van der Waals surface area contributed by atoms with Gasteiger partial charge >= 0.3 is 0 Å². The lowest BCUT2D eigenvalue weighted by molar-refractivity contribution is -0.148. The van der Waals surface area contributed by atoms with Crippen LogP contribution < -0.4 is 5.32 Å². The van der Waals surface area contributed by atoms with Gasteiger partial charge in [0, 0.05) is 13.1 Å². The smallest absolute Gasteiger partial charge is 0.243 e. The van der Waals surface area contributed by atoms with Crippen molar-refractivity contribution in [2.24, 2.45) is 17.8 Å². The zero-order valence-electron chi connectivity index (χ0n) is 17.4. The minimum absolute atomic E-state index is 0.000256. The van der Waals surface area contributed by atoms with Crippen LogP contribution in [0.4, 0.5) is 4.39 Å². The lowest BCUT2D eigenvalue weighted by atomic mass is 9.52. The number of aryl methyl sites for hydroxylation is 1. The Bertz CT molecular complexity index is 990. The molecular weight excluding hydrogens is 407 g/mol. The maximum atomic E-state index is 14.0. The van der Waals surface area contributed by atoms with Gasteiger partial charge in [0.25, 0.3) is 0 Å². The van der Waals surface area contributed by atoms with Crippen molar-refractivity contribution in [1.29, 1.82) is 0 Å². The standard InChI is InChI=1S/C22H29FN2O4S/c1-13-3-4-17(9-18(13)23)30(28,29)25(2)22(5-6-22)20(26)24-19-15-7-14-8-16(19)12-21(27,10-14)11-15/h3-4,9,14-16,19,27H,5-8,10-12H2,1-2H3,(H,24,26). The molecular formula is C22H29FN2O4S. The second-order valence-electron chi connectivity index (χ2n) is 10.1. The fraction of sp³-hybridized carbons (Fsp3) is 0.682. The Labute approximate surface area is 176 Å². The molecule has 2 unspecified atom stereocenters. The third-order valence-corrected chi connectivity index (χ3v) is 10.0. The van der Waals surface area contributed by atoms with Gasteiger partial charge in [0.2, 0.25) is 15.9 Å². The fourth-order valence-electron chi connectivity index (χ4n) is 6.43. The Balaban J connectivity index is 1.35. The van der Waals surface area contributed by atoms with Crippen molar-refractivity contribution < 1.29 is 22.7 Å². The third kappa shape index (κ3) is 3.02. The van der Waals surface area contributed by atoms with Crippen LogP contribution in [0.25, 0.3) is 0 Å². The Hall–Kier alpha value is -1.51. The first-order valence-electron chi connectivity index (χ1n) is 10.8. The molecule has 164 valence electrons. The van der Waals surface area contributed by atoms with E-state index in [1.165, 1.54) is 19.2 Å². The predicted molar refractivity (Wildman–Crippen MR) is 108 cm³/mol. The monoisotopic (exact) mass is 436 g/mol. The molecule has 4 bridgehead atoms. The Morgan fingerprint density at radius 1 is 1.20 bits per heavy atom. The van der Waals surface area contributed by atoms with Crippen molar-refractivity contribution in [2.75, 3.05) is 7.05 Å². The van der Waals surface area contributed by atoms with E-state index in [1.54, 1.807) is 6.92 Å². The van der Waals surface area contributed by atoms with E-state index in [2.05, 4.69) is 5.32 Å². The number of rotatable bonds is 5. The molecule has 1 aromatic rings. The molecule has 0 heterocycles. The summed E-state index contributed by atoms with van der Waals surface area (Å²) in [5, 5.41) is 13.9. The highest BCUT2D eigenvalue weighted by molar-refractivity contribution is 7.89. The summed E-state index contributed by atoms with van der Waals surface area (Å²) in [7, 11) is -2.58. The number of hydrogen-bond donors (Lipinski definition) is 2. The second-order valence-corrected chi connectivity index (χ2v) is 12.1. The number of nitrogens with zero attached hydrogens (tertiary/aromatic N) is 1. The number of carbonyl (C=O) groups is 1. The largest absolute Gasteiger partial charge is 0.390 e. The summed E-state index contributed by atoms with van der Waals surface area (Å²) in [4.78, 5) is 13.2. The van der Waals surface area contributed by atoms with E-state index in [4.69, 9.17) is 0 Å². The first-order chi connectivity index (χ1) is 14.0. The first kappa shape index (κ1) is 20.4. The Morgan fingerprint density at radius 3 is 2.37 bits per heavy atom. The Kier molecular flexibility index (Phi) is 4.42. The number of amides is 1. The van der Waals surface area contributed by atoms with Crippen LogP contribution in [0, 0.1) is 30.5 Å². The molecule has 0 aliphatic heterocycles. The highest BCUT2D eigenvalue weighted by Gasteiger charge is 2.60. The quantitative estimate of drug-likeness (QED) is 0.742. The number of nitrogens with one attached hydrogen (secondary N) is 1. The van der Waals surface area contributed by atoms with Crippen molar-refractivity contribution in [1.82, 2.24) is 9.62 Å². The number of benzene rings is 1. The minimum Gasteiger partial charge on any atom is -0.390 e. The molecule has 2 N–H and O–H groups in total. The lowest BCUT2D eigenvalue weighted by Crippen LogP contribution is -2.63. The summed E-state index contributed by atoms with van der Waals surface area (Å²) in [6.07, 6.45) is 5.26. The molecule has 5 fully saturated rings. The van der Waals surface area contributed by atoms with Gasteiger partial charge in [-0.1, -0.05) is 6.07 Å². The summed E-state index contributed by atoms with van der Waals surface area (Å²) >= 11 is 0. The number of carbonyl (C=O) groups excluding carboxylic acids is 1. The second kappa shape index (κ2) is 6.50. The molecule has 5 saturated carbocycles. The van der Waals surface area contributed by atoms with E-state index in [1.807, 2.05) is 0 Å². The Morgan fingerprint density at radius 2 is 1.83 bits per heavy atom. The van der Waals surface area contributed by atoms with Crippen LogP contribution in [0.5, 0.6) is 0 Å². The van der Waals surface area contributed by atoms with Crippen molar-refractivity contribution in [3.63, 3.8) is 0 Å². The van der Waals surface area contributed by atoms with Gasteiger partial charge in [-0.3, -0.25) is 4.79 Å². The van der Waals surface area contributed by atoms with Gasteiger partial charge < -0.3 is 10.4 Å². The molecule has 0 saturated heterocycles. The molecule has 5 aliphatic rings. The average Bonchev–Trinajstić information content (AvgIpc) is 3.46. The molecule has 8 heteroatoms. The number of likely N-dealkylation sites (N-methyl/N-ethyl adjacent to an activating group) is 1. The average molecular weight is 437 g/mol. The predicted octanol–water partition coefficient (Wildman–Crippen LogP) is 2.34. The van der Waals surface area contributed by atoms with Gasteiger partial charge in [-0.15, -0.1) is 0 Å². The van der Waals surface area contributed by atoms with Crippen LogP contribution in [0.1, 0.15) is 50.5 Å². The van der Waals surface area contributed by atoms with Gasteiger partial charge in [-0.25, -0.2) is 12.8 Å². The topological polar surface area (TPSA) is 86.7 Å². The van der Waals surface area contributed by atoms with E-state index in [-0.39, 0.29) is 28.7 Å². The molecule has 5 aliphatic carbocycles. The molecule has 2 atom stereocenters. The van der Waals surface area contributed by atoms with Crippen LogP contribution in [0.15, 0.2) is 23.1 Å². The van der Waals surface area contributed by atoms with E-state index >= 15 is 0 Å². The van der Waals surface area contributed by atoms with Crippen molar-refractivity contribution in [3.05, 3.63) is 29.6 Å². The minimum atomic E-state index is -4.00. The van der Waals surface area contributed by atoms with Crippen LogP contribution in [-0.4, -0.2) is 48.0 Å². The summed E-state index contributed by atoms with van der Waals surface area (Å²) < 4.78 is 41.3. The zero-order valence-corrected chi connectivity index (χ0v) is 18.2. The molecule has 0 radical (unpaired) electrons. The highest BCUT2D eigenvalue weighted by atomic mass is 32.2. The highest BCUT2D eigenvalue weighted by Crippen LogP contribution is 2.56. The van der Waals surface area contributed by atoms with Gasteiger partial charge in [-0.2, -0.15) is 4.31 Å². The number of halogens is 1. The van der Waals surface area contributed by atoms with Crippen LogP contribution in [0.2, 0.25) is 0 Å². The van der Waals surface area contributed by atoms with Crippen LogP contribution >= 0.6 is 0 Å². The first-order valence-corrected chi connectivity index (χ1v) is 12.3. The summed E-state index contributed by atoms with van der Waals surface area (Å²) in [6.45, 7) is 1.58. The maximum absolute atomic E-state index is 14.0. The van der Waals surface area contributed by atoms with Gasteiger partial charge in [0.05, 0.1) is 10.5 Å². The molecule has 6 nitrogen and oxygen atoms in total. The van der Waals surface area contributed by atoms with Gasteiger partial charge in [-0.05, 0) is 87.3 Å². The van der Waals surface area contributed by atoms with Crippen molar-refractivity contribution >= 4 is 15.9 Å². The van der Waals surface area contributed by atoms with Crippen LogP contribution in [-0.2, 0) is 14.8 Å². The van der Waals surface area contributed by atoms with Crippen molar-refractivity contribution in [3.8, 4) is 0 Å². The molecule has 6 rings (SSSR count). The molecule has 30 heavy (non-hydrogen) atoms. The van der Waals surface area contributed by atoms with E-state index < -0.39 is 27.0 Å². The number of hydrogen-bond acceptors (Lipinski definition) is 4. The normalized spacial score (nSPS) is 36.2. The maximum Gasteiger partial charge on any atom is 0.243 e. The fourth-order valence-corrected chi connectivity index (χ4v) is 7.96. The summed E-state index contributed by atoms with van der Waals surface area (Å²) in [5.74, 6) is 0.217. The van der Waals surface area contributed by atoms with Gasteiger partial charge in [0.15, 0.2) is 0 Å². The number of aliphatic hydroxyl groups is 1. The van der Waals surface area contributed by atoms with E-state index in [0.717, 1.165) is 29.6 Å². The zero-order chi connectivity index (χ0) is 21.5. The third-order valence-electron chi connectivity index (χ3n) is 8.09. The summed E-state index contributed by atoms with van der Waals surface area (Å²) in [5.41, 5.74) is -1.31. The SMILES string of the molecule is Cc1ccc(S(=O)(=O)N(C)C2(C(=O)NC3C4CC5CC3CC(O)(C5)C4)CC2)cc1F. The van der Waals surface area contributed by atoms with E-state index in [0.29, 0.717) is 37.2 Å². The lowest BCUT2D eigenvalue weighted by Gasteiger charge is -2.58. The molecule has 1 aromatic carbocycles. The molecule has 0 aromatic heterocycles. The summed E-state index contributed by atoms with van der Waals surface area (Å²) in [6, 6.07) is 3.85. The van der Waals surface area contributed by atoms with Crippen LogP contribution in [0.3, 0.4) is 0 Å².